The molecule has 7 heteroatoms. The average Bonchev–Trinajstić information content (AvgIpc) is 3.47. The minimum absolute atomic E-state index is 0.418. The van der Waals surface area contributed by atoms with Gasteiger partial charge in [0.15, 0.2) is 5.65 Å². The first-order valence-electron chi connectivity index (χ1n) is 12.2. The quantitative estimate of drug-likeness (QED) is 0.432. The third-order valence-electron chi connectivity index (χ3n) is 7.50. The molecule has 6 nitrogen and oxygen atoms in total. The molecule has 0 amide bonds. The number of nitrogen functional groups attached to an aromatic ring is 1. The van der Waals surface area contributed by atoms with Crippen LogP contribution < -0.4 is 10.6 Å². The van der Waals surface area contributed by atoms with E-state index in [9.17, 15) is 0 Å². The van der Waals surface area contributed by atoms with Gasteiger partial charge in [0.2, 0.25) is 5.95 Å². The van der Waals surface area contributed by atoms with Gasteiger partial charge in [-0.25, -0.2) is 15.0 Å². The van der Waals surface area contributed by atoms with Crippen LogP contribution in [-0.2, 0) is 19.3 Å². The van der Waals surface area contributed by atoms with Crippen LogP contribution in [0.3, 0.4) is 0 Å². The van der Waals surface area contributed by atoms with Crippen molar-refractivity contribution in [3.63, 3.8) is 0 Å². The Hall–Kier alpha value is -3.06. The highest BCUT2D eigenvalue weighted by atomic mass is 32.2. The summed E-state index contributed by atoms with van der Waals surface area (Å²) < 4.78 is 2.15. The summed E-state index contributed by atoms with van der Waals surface area (Å²) in [5.74, 6) is 1.61. The maximum absolute atomic E-state index is 6.18. The molecule has 6 rings (SSSR count). The molecule has 3 aromatic heterocycles. The third-order valence-corrected chi connectivity index (χ3v) is 8.61. The molecule has 4 aromatic rings. The van der Waals surface area contributed by atoms with Crippen molar-refractivity contribution in [3.05, 3.63) is 71.8 Å². The lowest BCUT2D eigenvalue weighted by molar-refractivity contribution is 0.231. The topological polar surface area (TPSA) is 72.3 Å². The molecule has 1 aliphatic carbocycles. The molecule has 1 fully saturated rings. The fraction of sp³-hybridized carbons (Fsp3) is 0.370. The molecule has 2 aliphatic rings. The minimum Gasteiger partial charge on any atom is -0.383 e. The van der Waals surface area contributed by atoms with Crippen molar-refractivity contribution in [3.8, 4) is 0 Å². The standard InChI is InChI=1S/C27H30N6S/c1-2-5-21-22(8-11-29-24(21)28)34-23-18-31-26(33-15-12-30-25(23)33)32-13-9-27(10-14-32)16-19-6-3-4-7-20(19)17-27/h3-4,6-8,11-12,15,18H,2,5,9-10,13-14,16-17H2,1H3,(H2,28,29). The predicted molar refractivity (Wildman–Crippen MR) is 137 cm³/mol. The molecule has 0 radical (unpaired) electrons. The van der Waals surface area contributed by atoms with Gasteiger partial charge in [-0.2, -0.15) is 0 Å². The summed E-state index contributed by atoms with van der Waals surface area (Å²) in [6.45, 7) is 4.22. The summed E-state index contributed by atoms with van der Waals surface area (Å²) in [5.41, 5.74) is 11.8. The molecule has 1 spiro atoms. The Balaban J connectivity index is 1.24. The highest BCUT2D eigenvalue weighted by Crippen LogP contribution is 2.45. The van der Waals surface area contributed by atoms with Crippen LogP contribution in [0.2, 0.25) is 0 Å². The maximum Gasteiger partial charge on any atom is 0.211 e. The van der Waals surface area contributed by atoms with Crippen LogP contribution in [0.1, 0.15) is 42.9 Å². The summed E-state index contributed by atoms with van der Waals surface area (Å²) >= 11 is 1.68. The Morgan fingerprint density at radius 1 is 0.971 bits per heavy atom. The normalized spacial score (nSPS) is 16.9. The van der Waals surface area contributed by atoms with Gasteiger partial charge in [0.1, 0.15) is 5.82 Å². The predicted octanol–water partition coefficient (Wildman–Crippen LogP) is 5.20. The van der Waals surface area contributed by atoms with E-state index in [1.165, 1.54) is 25.7 Å². The van der Waals surface area contributed by atoms with Crippen LogP contribution in [-0.4, -0.2) is 32.4 Å². The zero-order valence-electron chi connectivity index (χ0n) is 19.6. The average molecular weight is 471 g/mol. The van der Waals surface area contributed by atoms with Crippen LogP contribution in [0, 0.1) is 5.41 Å². The summed E-state index contributed by atoms with van der Waals surface area (Å²) in [6.07, 6.45) is 14.4. The number of piperidine rings is 1. The third kappa shape index (κ3) is 3.72. The molecule has 1 aliphatic heterocycles. The van der Waals surface area contributed by atoms with Crippen molar-refractivity contribution in [1.82, 2.24) is 19.4 Å². The van der Waals surface area contributed by atoms with Crippen molar-refractivity contribution >= 4 is 29.2 Å². The molecule has 4 heterocycles. The van der Waals surface area contributed by atoms with Crippen LogP contribution in [0.4, 0.5) is 11.8 Å². The van der Waals surface area contributed by atoms with E-state index in [4.69, 9.17) is 15.7 Å². The van der Waals surface area contributed by atoms with Crippen LogP contribution in [0.5, 0.6) is 0 Å². The molecule has 1 aromatic carbocycles. The summed E-state index contributed by atoms with van der Waals surface area (Å²) in [7, 11) is 0. The van der Waals surface area contributed by atoms with Crippen molar-refractivity contribution in [2.45, 2.75) is 55.2 Å². The fourth-order valence-corrected chi connectivity index (χ4v) is 6.75. The summed E-state index contributed by atoms with van der Waals surface area (Å²) in [6, 6.07) is 11.0. The molecule has 174 valence electrons. The molecule has 0 saturated carbocycles. The zero-order valence-corrected chi connectivity index (χ0v) is 20.4. The first-order chi connectivity index (χ1) is 16.7. The van der Waals surface area contributed by atoms with E-state index in [2.05, 4.69) is 45.5 Å². The second-order valence-corrected chi connectivity index (χ2v) is 10.8. The number of nitrogens with two attached hydrogens (primary N) is 1. The Morgan fingerprint density at radius 3 is 2.47 bits per heavy atom. The molecule has 1 saturated heterocycles. The Labute approximate surface area is 204 Å². The van der Waals surface area contributed by atoms with Gasteiger partial charge in [-0.15, -0.1) is 0 Å². The van der Waals surface area contributed by atoms with Gasteiger partial charge in [0, 0.05) is 48.3 Å². The van der Waals surface area contributed by atoms with Crippen molar-refractivity contribution in [1.29, 1.82) is 0 Å². The lowest BCUT2D eigenvalue weighted by atomic mass is 9.76. The lowest BCUT2D eigenvalue weighted by Gasteiger charge is -2.40. The zero-order chi connectivity index (χ0) is 23.1. The molecule has 0 atom stereocenters. The van der Waals surface area contributed by atoms with Gasteiger partial charge in [-0.1, -0.05) is 49.4 Å². The van der Waals surface area contributed by atoms with E-state index in [-0.39, 0.29) is 0 Å². The van der Waals surface area contributed by atoms with Gasteiger partial charge < -0.3 is 10.6 Å². The van der Waals surface area contributed by atoms with Crippen molar-refractivity contribution in [2.75, 3.05) is 23.7 Å². The van der Waals surface area contributed by atoms with Crippen molar-refractivity contribution in [2.24, 2.45) is 5.41 Å². The maximum atomic E-state index is 6.18. The molecule has 2 N–H and O–H groups in total. The van der Waals surface area contributed by atoms with E-state index in [1.54, 1.807) is 29.1 Å². The lowest BCUT2D eigenvalue weighted by Crippen LogP contribution is -2.41. The smallest absolute Gasteiger partial charge is 0.211 e. The number of nitrogens with zero attached hydrogens (tertiary/aromatic N) is 5. The number of pyridine rings is 1. The number of anilines is 2. The molecule has 34 heavy (non-hydrogen) atoms. The number of rotatable bonds is 5. The van der Waals surface area contributed by atoms with E-state index < -0.39 is 0 Å². The summed E-state index contributed by atoms with van der Waals surface area (Å²) in [5, 5.41) is 0. The van der Waals surface area contributed by atoms with Crippen LogP contribution in [0.15, 0.2) is 64.9 Å². The van der Waals surface area contributed by atoms with Crippen LogP contribution >= 0.6 is 11.8 Å². The fourth-order valence-electron chi connectivity index (χ4n) is 5.70. The largest absolute Gasteiger partial charge is 0.383 e. The first-order valence-corrected chi connectivity index (χ1v) is 13.0. The van der Waals surface area contributed by atoms with Gasteiger partial charge in [-0.05, 0) is 54.7 Å². The van der Waals surface area contributed by atoms with E-state index >= 15 is 0 Å². The first kappa shape index (κ1) is 21.5. The Kier molecular flexibility index (Phi) is 5.44. The Morgan fingerprint density at radius 2 is 1.74 bits per heavy atom. The number of fused-ring (bicyclic) bond motifs is 2. The molecule has 0 bridgehead atoms. The SMILES string of the molecule is CCCc1c(Sc2cnc(N3CCC4(CC3)Cc3ccccc3C4)n3ccnc23)ccnc1N. The number of imidazole rings is 1. The molecule has 0 unspecified atom stereocenters. The van der Waals surface area contributed by atoms with E-state index in [0.29, 0.717) is 11.2 Å². The summed E-state index contributed by atoms with van der Waals surface area (Å²) in [4.78, 5) is 18.5. The second-order valence-electron chi connectivity index (χ2n) is 9.68. The number of hydrogen-bond donors (Lipinski definition) is 1. The molecular weight excluding hydrogens is 440 g/mol. The molecular formula is C27H30N6S. The highest BCUT2D eigenvalue weighted by molar-refractivity contribution is 7.99. The van der Waals surface area contributed by atoms with Gasteiger partial charge >= 0.3 is 0 Å². The Bertz CT molecular complexity index is 1310. The second kappa shape index (κ2) is 8.62. The minimum atomic E-state index is 0.418. The van der Waals surface area contributed by atoms with Gasteiger partial charge in [0.05, 0.1) is 4.90 Å². The van der Waals surface area contributed by atoms with Gasteiger partial charge in [-0.3, -0.25) is 4.40 Å². The highest BCUT2D eigenvalue weighted by Gasteiger charge is 2.40. The van der Waals surface area contributed by atoms with Crippen molar-refractivity contribution < 1.29 is 0 Å². The number of hydrogen-bond acceptors (Lipinski definition) is 6. The van der Waals surface area contributed by atoms with E-state index in [0.717, 1.165) is 52.9 Å². The van der Waals surface area contributed by atoms with Gasteiger partial charge in [0.25, 0.3) is 0 Å². The van der Waals surface area contributed by atoms with Crippen LogP contribution in [0.25, 0.3) is 5.65 Å². The van der Waals surface area contributed by atoms with E-state index in [1.807, 2.05) is 24.7 Å². The number of aromatic nitrogens is 4. The number of benzene rings is 1. The monoisotopic (exact) mass is 470 g/mol.